The number of hydrogen-bond acceptors (Lipinski definition) is 5. The van der Waals surface area contributed by atoms with E-state index in [4.69, 9.17) is 10.5 Å². The molecule has 196 valence electrons. The minimum atomic E-state index is -3.58. The summed E-state index contributed by atoms with van der Waals surface area (Å²) in [6.45, 7) is 1.23. The van der Waals surface area contributed by atoms with E-state index in [0.717, 1.165) is 18.9 Å². The maximum absolute atomic E-state index is 14.1. The largest absolute Gasteiger partial charge is 0.381 e. The molecule has 3 heterocycles. The molecule has 3 aliphatic rings. The molecule has 0 saturated carbocycles. The topological polar surface area (TPSA) is 92.9 Å². The molecule has 2 N–H and O–H groups in total. The molecule has 3 aliphatic heterocycles. The molecule has 3 fully saturated rings. The van der Waals surface area contributed by atoms with Gasteiger partial charge in [-0.2, -0.15) is 4.31 Å². The molecule has 2 bridgehead atoms. The zero-order chi connectivity index (χ0) is 25.3. The van der Waals surface area contributed by atoms with Crippen LogP contribution in [-0.2, 0) is 26.0 Å². The molecular weight excluding hydrogens is 483 g/mol. The molecule has 1 aromatic carbocycles. The van der Waals surface area contributed by atoms with Crippen LogP contribution in [0.25, 0.3) is 0 Å². The minimum Gasteiger partial charge on any atom is -0.381 e. The highest BCUT2D eigenvalue weighted by Gasteiger charge is 2.47. The normalized spacial score (nSPS) is 26.6. The second kappa shape index (κ2) is 10.7. The summed E-state index contributed by atoms with van der Waals surface area (Å²) in [6.07, 6.45) is 3.90. The molecule has 1 aromatic rings. The van der Waals surface area contributed by atoms with Gasteiger partial charge >= 0.3 is 0 Å². The van der Waals surface area contributed by atoms with Gasteiger partial charge < -0.3 is 15.4 Å². The lowest BCUT2D eigenvalue weighted by Crippen LogP contribution is -2.51. The highest BCUT2D eigenvalue weighted by molar-refractivity contribution is 7.89. The van der Waals surface area contributed by atoms with Crippen molar-refractivity contribution in [3.63, 3.8) is 0 Å². The van der Waals surface area contributed by atoms with Gasteiger partial charge in [0.15, 0.2) is 11.6 Å². The van der Waals surface area contributed by atoms with Gasteiger partial charge in [-0.3, -0.25) is 4.79 Å². The average Bonchev–Trinajstić information content (AvgIpc) is 3.12. The van der Waals surface area contributed by atoms with Gasteiger partial charge in [0.2, 0.25) is 15.9 Å². The van der Waals surface area contributed by atoms with Crippen molar-refractivity contribution in [2.24, 2.45) is 17.6 Å². The quantitative estimate of drug-likeness (QED) is 0.535. The molecule has 35 heavy (non-hydrogen) atoms. The first-order valence-corrected chi connectivity index (χ1v) is 13.9. The summed E-state index contributed by atoms with van der Waals surface area (Å²) >= 11 is 0. The molecule has 7 nitrogen and oxygen atoms in total. The molecule has 0 aliphatic carbocycles. The van der Waals surface area contributed by atoms with Gasteiger partial charge in [0.1, 0.15) is 5.82 Å². The Morgan fingerprint density at radius 1 is 1.09 bits per heavy atom. The Morgan fingerprint density at radius 3 is 2.31 bits per heavy atom. The Morgan fingerprint density at radius 2 is 1.69 bits per heavy atom. The van der Waals surface area contributed by atoms with E-state index in [1.54, 1.807) is 11.4 Å². The van der Waals surface area contributed by atoms with Crippen molar-refractivity contribution in [1.29, 1.82) is 0 Å². The van der Waals surface area contributed by atoms with Crippen LogP contribution in [-0.4, -0.2) is 74.2 Å². The Hall–Kier alpha value is -1.69. The van der Waals surface area contributed by atoms with E-state index < -0.39 is 33.5 Å². The number of carbonyl (C=O) groups excluding carboxylic acids is 1. The lowest BCUT2D eigenvalue weighted by Gasteiger charge is -2.40. The summed E-state index contributed by atoms with van der Waals surface area (Å²) in [6, 6.07) is 0.490. The zero-order valence-corrected chi connectivity index (χ0v) is 20.8. The number of nitrogens with zero attached hydrogens (tertiary/aromatic N) is 2. The van der Waals surface area contributed by atoms with Crippen LogP contribution in [0, 0.1) is 29.3 Å². The van der Waals surface area contributed by atoms with Crippen LogP contribution in [0.5, 0.6) is 0 Å². The van der Waals surface area contributed by atoms with Gasteiger partial charge in [-0.1, -0.05) is 0 Å². The summed E-state index contributed by atoms with van der Waals surface area (Å²) in [7, 11) is -1.94. The number of fused-ring (bicyclic) bond motifs is 2. The standard InChI is InChI=1S/C24H34F3N3O4S/c1-29(24(31)15-4-7-34-8-5-15)6-9-35(32,33)30-18-2-3-19(30)11-17(10-18)23(28)13-16-12-21(26)22(27)14-20(16)25/h12,14-15,17-19,23H,2-11,13,28H2,1H3/t17?,18?,19?,23-/m1/s1. The number of ether oxygens (including phenoxy) is 1. The first-order chi connectivity index (χ1) is 16.6. The molecule has 2 unspecified atom stereocenters. The van der Waals surface area contributed by atoms with Crippen LogP contribution in [0.4, 0.5) is 13.2 Å². The van der Waals surface area contributed by atoms with Crippen molar-refractivity contribution >= 4 is 15.9 Å². The van der Waals surface area contributed by atoms with Gasteiger partial charge in [-0.15, -0.1) is 0 Å². The van der Waals surface area contributed by atoms with Crippen molar-refractivity contribution in [2.75, 3.05) is 32.6 Å². The summed E-state index contributed by atoms with van der Waals surface area (Å²) in [5.41, 5.74) is 6.37. The van der Waals surface area contributed by atoms with Gasteiger partial charge in [0.05, 0.1) is 5.75 Å². The Kier molecular flexibility index (Phi) is 8.09. The summed E-state index contributed by atoms with van der Waals surface area (Å²) in [5, 5.41) is 0. The number of hydrogen-bond donors (Lipinski definition) is 1. The first kappa shape index (κ1) is 26.4. The van der Waals surface area contributed by atoms with Gasteiger partial charge in [0, 0.05) is 56.9 Å². The number of carbonyl (C=O) groups is 1. The molecular formula is C24H34F3N3O4S. The fraction of sp³-hybridized carbons (Fsp3) is 0.708. The monoisotopic (exact) mass is 517 g/mol. The Labute approximate surface area is 204 Å². The maximum Gasteiger partial charge on any atom is 0.225 e. The molecule has 0 radical (unpaired) electrons. The summed E-state index contributed by atoms with van der Waals surface area (Å²) in [4.78, 5) is 14.1. The van der Waals surface area contributed by atoms with E-state index in [2.05, 4.69) is 0 Å². The van der Waals surface area contributed by atoms with Crippen molar-refractivity contribution in [2.45, 2.75) is 63.1 Å². The lowest BCUT2D eigenvalue weighted by molar-refractivity contribution is -0.136. The van der Waals surface area contributed by atoms with Crippen LogP contribution >= 0.6 is 0 Å². The van der Waals surface area contributed by atoms with Crippen molar-refractivity contribution < 1.29 is 31.1 Å². The molecule has 0 spiro atoms. The maximum atomic E-state index is 14.1. The summed E-state index contributed by atoms with van der Waals surface area (Å²) < 4.78 is 74.3. The third-order valence-electron chi connectivity index (χ3n) is 7.81. The van der Waals surface area contributed by atoms with E-state index in [1.807, 2.05) is 0 Å². The molecule has 1 amide bonds. The molecule has 4 rings (SSSR count). The summed E-state index contributed by atoms with van der Waals surface area (Å²) in [5.74, 6) is -3.54. The molecule has 3 atom stereocenters. The predicted molar refractivity (Wildman–Crippen MR) is 124 cm³/mol. The lowest BCUT2D eigenvalue weighted by atomic mass is 9.83. The smallest absolute Gasteiger partial charge is 0.225 e. The number of benzene rings is 1. The minimum absolute atomic E-state index is 0.0241. The number of piperidine rings is 1. The van der Waals surface area contributed by atoms with Crippen LogP contribution in [0.1, 0.15) is 44.1 Å². The SMILES string of the molecule is CN(CCS(=O)(=O)N1C2CCC1CC([C@H](N)Cc1cc(F)c(F)cc1F)C2)C(=O)C1CCOCC1. The second-order valence-corrected chi connectivity index (χ2v) is 12.1. The van der Waals surface area contributed by atoms with Gasteiger partial charge in [0.25, 0.3) is 0 Å². The number of sulfonamides is 1. The Bertz CT molecular complexity index is 1020. The molecule has 3 saturated heterocycles. The highest BCUT2D eigenvalue weighted by Crippen LogP contribution is 2.42. The average molecular weight is 518 g/mol. The predicted octanol–water partition coefficient (Wildman–Crippen LogP) is 2.43. The van der Waals surface area contributed by atoms with Crippen molar-refractivity contribution in [3.05, 3.63) is 35.1 Å². The fourth-order valence-corrected chi connectivity index (χ4v) is 7.85. The fourth-order valence-electron chi connectivity index (χ4n) is 5.84. The van der Waals surface area contributed by atoms with E-state index in [1.165, 1.54) is 4.90 Å². The van der Waals surface area contributed by atoms with E-state index >= 15 is 0 Å². The number of amides is 1. The van der Waals surface area contributed by atoms with E-state index in [0.29, 0.717) is 45.0 Å². The number of rotatable bonds is 8. The van der Waals surface area contributed by atoms with E-state index in [9.17, 15) is 26.4 Å². The molecule has 11 heteroatoms. The third-order valence-corrected chi connectivity index (χ3v) is 9.74. The van der Waals surface area contributed by atoms with Crippen LogP contribution in [0.15, 0.2) is 12.1 Å². The van der Waals surface area contributed by atoms with Crippen LogP contribution in [0.2, 0.25) is 0 Å². The highest BCUT2D eigenvalue weighted by atomic mass is 32.2. The number of halogens is 3. The first-order valence-electron chi connectivity index (χ1n) is 12.3. The molecule has 0 aromatic heterocycles. The van der Waals surface area contributed by atoms with E-state index in [-0.39, 0.29) is 54.1 Å². The van der Waals surface area contributed by atoms with Crippen molar-refractivity contribution in [1.82, 2.24) is 9.21 Å². The van der Waals surface area contributed by atoms with Crippen LogP contribution in [0.3, 0.4) is 0 Å². The zero-order valence-electron chi connectivity index (χ0n) is 20.0. The van der Waals surface area contributed by atoms with Crippen LogP contribution < -0.4 is 5.73 Å². The number of nitrogens with two attached hydrogens (primary N) is 1. The van der Waals surface area contributed by atoms with Gasteiger partial charge in [-0.25, -0.2) is 21.6 Å². The van der Waals surface area contributed by atoms with Crippen molar-refractivity contribution in [3.8, 4) is 0 Å². The Balaban J connectivity index is 1.34. The van der Waals surface area contributed by atoms with Gasteiger partial charge in [-0.05, 0) is 62.5 Å². The third kappa shape index (κ3) is 5.84. The second-order valence-electron chi connectivity index (χ2n) is 10.1.